The third-order valence-corrected chi connectivity index (χ3v) is 4.83. The summed E-state index contributed by atoms with van der Waals surface area (Å²) in [6, 6.07) is 17.3. The predicted molar refractivity (Wildman–Crippen MR) is 105 cm³/mol. The molecule has 0 saturated heterocycles. The number of anilines is 1. The van der Waals surface area contributed by atoms with Gasteiger partial charge in [0, 0.05) is 23.2 Å². The lowest BCUT2D eigenvalue weighted by Crippen LogP contribution is -2.14. The van der Waals surface area contributed by atoms with Gasteiger partial charge in [-0.05, 0) is 36.5 Å². The molecule has 5 nitrogen and oxygen atoms in total. The first-order chi connectivity index (χ1) is 13.1. The van der Waals surface area contributed by atoms with Gasteiger partial charge in [0.15, 0.2) is 11.6 Å². The minimum absolute atomic E-state index is 0.0593. The molecule has 3 aromatic rings. The standard InChI is InChI=1S/C22H21N3O2/c1-14(26)16-6-8-18(9-7-16)17-4-2-15(3-5-17)12-22(27)23-21-13-20(24-25-21)19-10-11-19/h2-9,13,19H,10-12H2,1H3,(H2,23,24,25,27). The number of nitrogens with zero attached hydrogens (tertiary/aromatic N) is 1. The number of hydrogen-bond acceptors (Lipinski definition) is 3. The smallest absolute Gasteiger partial charge is 0.229 e. The first-order valence-corrected chi connectivity index (χ1v) is 9.14. The lowest BCUT2D eigenvalue weighted by atomic mass is 10.0. The summed E-state index contributed by atoms with van der Waals surface area (Å²) >= 11 is 0. The van der Waals surface area contributed by atoms with Crippen LogP contribution in [0.3, 0.4) is 0 Å². The van der Waals surface area contributed by atoms with E-state index in [4.69, 9.17) is 0 Å². The van der Waals surface area contributed by atoms with Crippen molar-refractivity contribution in [3.8, 4) is 11.1 Å². The van der Waals surface area contributed by atoms with E-state index in [-0.39, 0.29) is 11.7 Å². The summed E-state index contributed by atoms with van der Waals surface area (Å²) in [5.41, 5.74) is 4.84. The monoisotopic (exact) mass is 359 g/mol. The lowest BCUT2D eigenvalue weighted by Gasteiger charge is -2.06. The van der Waals surface area contributed by atoms with Gasteiger partial charge < -0.3 is 5.32 Å². The van der Waals surface area contributed by atoms with E-state index in [2.05, 4.69) is 15.5 Å². The minimum Gasteiger partial charge on any atom is -0.309 e. The molecule has 0 spiro atoms. The van der Waals surface area contributed by atoms with Crippen molar-refractivity contribution < 1.29 is 9.59 Å². The maximum Gasteiger partial charge on any atom is 0.229 e. The summed E-state index contributed by atoms with van der Waals surface area (Å²) in [5.74, 6) is 1.15. The number of Topliss-reactive ketones (excluding diaryl/α,β-unsaturated/α-hetero) is 1. The highest BCUT2D eigenvalue weighted by Gasteiger charge is 2.25. The fraction of sp³-hybridized carbons (Fsp3) is 0.227. The largest absolute Gasteiger partial charge is 0.309 e. The van der Waals surface area contributed by atoms with Gasteiger partial charge in [-0.2, -0.15) is 5.10 Å². The number of nitrogens with one attached hydrogen (secondary N) is 2. The number of aromatic nitrogens is 2. The van der Waals surface area contributed by atoms with E-state index in [9.17, 15) is 9.59 Å². The van der Waals surface area contributed by atoms with Crippen LogP contribution in [0.25, 0.3) is 11.1 Å². The van der Waals surface area contributed by atoms with Crippen LogP contribution in [-0.2, 0) is 11.2 Å². The van der Waals surface area contributed by atoms with Crippen molar-refractivity contribution in [2.24, 2.45) is 0 Å². The van der Waals surface area contributed by atoms with Crippen molar-refractivity contribution in [3.63, 3.8) is 0 Å². The Morgan fingerprint density at radius 3 is 2.26 bits per heavy atom. The molecule has 0 aliphatic heterocycles. The first kappa shape index (κ1) is 17.2. The Morgan fingerprint density at radius 2 is 1.67 bits per heavy atom. The van der Waals surface area contributed by atoms with E-state index < -0.39 is 0 Å². The lowest BCUT2D eigenvalue weighted by molar-refractivity contribution is -0.115. The van der Waals surface area contributed by atoms with Gasteiger partial charge in [0.2, 0.25) is 5.91 Å². The Labute approximate surface area is 157 Å². The summed E-state index contributed by atoms with van der Waals surface area (Å²) in [6.45, 7) is 1.56. The van der Waals surface area contributed by atoms with Gasteiger partial charge in [-0.25, -0.2) is 0 Å². The Morgan fingerprint density at radius 1 is 1.04 bits per heavy atom. The van der Waals surface area contributed by atoms with Crippen molar-refractivity contribution in [1.82, 2.24) is 10.2 Å². The molecule has 5 heteroatoms. The van der Waals surface area contributed by atoms with Crippen molar-refractivity contribution in [1.29, 1.82) is 0 Å². The second kappa shape index (κ2) is 7.19. The minimum atomic E-state index is -0.0811. The predicted octanol–water partition coefficient (Wildman–Crippen LogP) is 4.34. The molecule has 0 radical (unpaired) electrons. The number of carbonyl (C=O) groups is 2. The van der Waals surface area contributed by atoms with E-state index >= 15 is 0 Å². The SMILES string of the molecule is CC(=O)c1ccc(-c2ccc(CC(=O)Nc3cc(C4CC4)[nH]n3)cc2)cc1. The second-order valence-electron chi connectivity index (χ2n) is 7.04. The summed E-state index contributed by atoms with van der Waals surface area (Å²) in [6.07, 6.45) is 2.69. The van der Waals surface area contributed by atoms with Gasteiger partial charge in [0.25, 0.3) is 0 Å². The molecule has 0 atom stereocenters. The van der Waals surface area contributed by atoms with E-state index in [0.717, 1.165) is 22.4 Å². The van der Waals surface area contributed by atoms with Crippen LogP contribution in [0.4, 0.5) is 5.82 Å². The summed E-state index contributed by atoms with van der Waals surface area (Å²) < 4.78 is 0. The van der Waals surface area contributed by atoms with Crippen LogP contribution < -0.4 is 5.32 Å². The Hall–Kier alpha value is -3.21. The topological polar surface area (TPSA) is 74.8 Å². The maximum atomic E-state index is 12.2. The molecule has 4 rings (SSSR count). The number of ketones is 1. The van der Waals surface area contributed by atoms with Gasteiger partial charge in [0.05, 0.1) is 6.42 Å². The van der Waals surface area contributed by atoms with Crippen LogP contribution in [0.2, 0.25) is 0 Å². The number of aromatic amines is 1. The number of hydrogen-bond donors (Lipinski definition) is 2. The normalized spacial score (nSPS) is 13.4. The third kappa shape index (κ3) is 4.14. The van der Waals surface area contributed by atoms with Crippen molar-refractivity contribution in [3.05, 3.63) is 71.4 Å². The Bertz CT molecular complexity index is 968. The van der Waals surface area contributed by atoms with Gasteiger partial charge in [-0.15, -0.1) is 0 Å². The molecule has 1 amide bonds. The zero-order chi connectivity index (χ0) is 18.8. The molecule has 1 saturated carbocycles. The average Bonchev–Trinajstić information content (AvgIpc) is 3.42. The van der Waals surface area contributed by atoms with Crippen molar-refractivity contribution in [2.75, 3.05) is 5.32 Å². The molecule has 1 aliphatic rings. The fourth-order valence-electron chi connectivity index (χ4n) is 3.09. The number of carbonyl (C=O) groups excluding carboxylic acids is 2. The average molecular weight is 359 g/mol. The van der Waals surface area contributed by atoms with E-state index in [0.29, 0.717) is 23.7 Å². The van der Waals surface area contributed by atoms with Crippen LogP contribution >= 0.6 is 0 Å². The zero-order valence-corrected chi connectivity index (χ0v) is 15.2. The maximum absolute atomic E-state index is 12.2. The van der Waals surface area contributed by atoms with Gasteiger partial charge in [-0.1, -0.05) is 48.5 Å². The number of rotatable bonds is 6. The van der Waals surface area contributed by atoms with Crippen molar-refractivity contribution in [2.45, 2.75) is 32.1 Å². The molecule has 2 aromatic carbocycles. The summed E-state index contributed by atoms with van der Waals surface area (Å²) in [4.78, 5) is 23.6. The van der Waals surface area contributed by atoms with Gasteiger partial charge >= 0.3 is 0 Å². The van der Waals surface area contributed by atoms with E-state index in [1.807, 2.05) is 54.6 Å². The molecule has 1 aromatic heterocycles. The summed E-state index contributed by atoms with van der Waals surface area (Å²) in [7, 11) is 0. The molecule has 27 heavy (non-hydrogen) atoms. The van der Waals surface area contributed by atoms with Crippen LogP contribution in [0, 0.1) is 0 Å². The second-order valence-corrected chi connectivity index (χ2v) is 7.04. The van der Waals surface area contributed by atoms with Crippen molar-refractivity contribution >= 4 is 17.5 Å². The fourth-order valence-corrected chi connectivity index (χ4v) is 3.09. The molecule has 0 unspecified atom stereocenters. The Balaban J connectivity index is 1.37. The number of H-pyrrole nitrogens is 1. The molecular weight excluding hydrogens is 338 g/mol. The quantitative estimate of drug-likeness (QED) is 0.643. The van der Waals surface area contributed by atoms with E-state index in [1.54, 1.807) is 6.92 Å². The molecule has 1 heterocycles. The van der Waals surface area contributed by atoms with Crippen LogP contribution in [0.5, 0.6) is 0 Å². The zero-order valence-electron chi connectivity index (χ0n) is 15.2. The molecule has 136 valence electrons. The Kier molecular flexibility index (Phi) is 4.59. The highest BCUT2D eigenvalue weighted by atomic mass is 16.1. The molecule has 1 aliphatic carbocycles. The molecular formula is C22H21N3O2. The first-order valence-electron chi connectivity index (χ1n) is 9.14. The number of amides is 1. The molecule has 0 bridgehead atoms. The molecule has 1 fully saturated rings. The summed E-state index contributed by atoms with van der Waals surface area (Å²) in [5, 5.41) is 9.98. The highest BCUT2D eigenvalue weighted by molar-refractivity contribution is 5.94. The van der Waals surface area contributed by atoms with Crippen LogP contribution in [0.1, 0.15) is 47.3 Å². The van der Waals surface area contributed by atoms with Crippen LogP contribution in [-0.4, -0.2) is 21.9 Å². The number of benzene rings is 2. The van der Waals surface area contributed by atoms with E-state index in [1.165, 1.54) is 12.8 Å². The van der Waals surface area contributed by atoms with Crippen LogP contribution in [0.15, 0.2) is 54.6 Å². The third-order valence-electron chi connectivity index (χ3n) is 4.83. The molecule has 2 N–H and O–H groups in total. The highest BCUT2D eigenvalue weighted by Crippen LogP contribution is 2.39. The van der Waals surface area contributed by atoms with Gasteiger partial charge in [-0.3, -0.25) is 14.7 Å². The van der Waals surface area contributed by atoms with Gasteiger partial charge in [0.1, 0.15) is 0 Å².